The van der Waals surface area contributed by atoms with Gasteiger partial charge in [0.2, 0.25) is 0 Å². The number of halogens is 1. The zero-order chi connectivity index (χ0) is 14.3. The van der Waals surface area contributed by atoms with Crippen LogP contribution in [0.5, 0.6) is 0 Å². The van der Waals surface area contributed by atoms with Crippen molar-refractivity contribution in [1.29, 1.82) is 0 Å². The van der Waals surface area contributed by atoms with Crippen molar-refractivity contribution in [2.45, 2.75) is 13.8 Å². The number of carbonyl (C=O) groups is 1. The van der Waals surface area contributed by atoms with Crippen LogP contribution >= 0.6 is 15.9 Å². The van der Waals surface area contributed by atoms with E-state index in [1.54, 1.807) is 4.52 Å². The first-order valence-electron chi connectivity index (χ1n) is 6.07. The Hall–Kier alpha value is -2.08. The van der Waals surface area contributed by atoms with Crippen LogP contribution in [0, 0.1) is 6.92 Å². The van der Waals surface area contributed by atoms with Crippen LogP contribution in [0.1, 0.15) is 23.1 Å². The summed E-state index contributed by atoms with van der Waals surface area (Å²) in [4.78, 5) is 11.5. The molecule has 0 saturated heterocycles. The molecule has 20 heavy (non-hydrogen) atoms. The van der Waals surface area contributed by atoms with Crippen molar-refractivity contribution in [1.82, 2.24) is 19.8 Å². The molecule has 1 aromatic carbocycles. The maximum Gasteiger partial charge on any atom is 0.192 e. The average molecular weight is 331 g/mol. The van der Waals surface area contributed by atoms with Gasteiger partial charge in [0, 0.05) is 12.5 Å². The highest BCUT2D eigenvalue weighted by Crippen LogP contribution is 2.30. The SMILES string of the molecule is CC(=O)c1nnc2c(Br)c(-c3ccccc3)nn2c1C. The molecule has 0 amide bonds. The monoisotopic (exact) mass is 330 g/mol. The summed E-state index contributed by atoms with van der Waals surface area (Å²) < 4.78 is 2.42. The zero-order valence-electron chi connectivity index (χ0n) is 11.0. The minimum atomic E-state index is -0.121. The van der Waals surface area contributed by atoms with Crippen LogP contribution in [0.4, 0.5) is 0 Å². The second kappa shape index (κ2) is 4.79. The molecular weight excluding hydrogens is 320 g/mol. The third-order valence-corrected chi connectivity index (χ3v) is 3.82. The number of carbonyl (C=O) groups excluding carboxylic acids is 1. The molecule has 0 fully saturated rings. The number of nitrogens with zero attached hydrogens (tertiary/aromatic N) is 4. The molecule has 5 nitrogen and oxygen atoms in total. The van der Waals surface area contributed by atoms with E-state index >= 15 is 0 Å². The molecule has 0 N–H and O–H groups in total. The summed E-state index contributed by atoms with van der Waals surface area (Å²) in [5.74, 6) is -0.121. The van der Waals surface area contributed by atoms with E-state index in [4.69, 9.17) is 0 Å². The summed E-state index contributed by atoms with van der Waals surface area (Å²) in [6.45, 7) is 3.28. The Morgan fingerprint density at radius 1 is 1.20 bits per heavy atom. The molecule has 6 heteroatoms. The molecule has 2 heterocycles. The number of fused-ring (bicyclic) bond motifs is 1. The fraction of sp³-hybridized carbons (Fsp3) is 0.143. The largest absolute Gasteiger partial charge is 0.293 e. The van der Waals surface area contributed by atoms with Gasteiger partial charge >= 0.3 is 0 Å². The fourth-order valence-electron chi connectivity index (χ4n) is 2.09. The van der Waals surface area contributed by atoms with E-state index in [-0.39, 0.29) is 5.78 Å². The Morgan fingerprint density at radius 2 is 1.90 bits per heavy atom. The number of aryl methyl sites for hydroxylation is 1. The maximum atomic E-state index is 11.5. The Bertz CT molecular complexity index is 811. The van der Waals surface area contributed by atoms with Crippen molar-refractivity contribution in [2.24, 2.45) is 0 Å². The van der Waals surface area contributed by atoms with Crippen molar-refractivity contribution in [3.8, 4) is 11.3 Å². The van der Waals surface area contributed by atoms with E-state index in [9.17, 15) is 4.79 Å². The number of rotatable bonds is 2. The molecule has 100 valence electrons. The van der Waals surface area contributed by atoms with Crippen LogP contribution < -0.4 is 0 Å². The lowest BCUT2D eigenvalue weighted by Gasteiger charge is -2.01. The van der Waals surface area contributed by atoms with Crippen molar-refractivity contribution >= 4 is 27.4 Å². The van der Waals surface area contributed by atoms with Gasteiger partial charge in [0.05, 0.1) is 10.2 Å². The quantitative estimate of drug-likeness (QED) is 0.677. The molecule has 0 aliphatic heterocycles. The Labute approximate surface area is 123 Å². The molecule has 0 bridgehead atoms. The van der Waals surface area contributed by atoms with Crippen molar-refractivity contribution in [2.75, 3.05) is 0 Å². The Kier molecular flexibility index (Phi) is 3.10. The highest BCUT2D eigenvalue weighted by molar-refractivity contribution is 9.10. The number of ketones is 1. The van der Waals surface area contributed by atoms with Gasteiger partial charge in [-0.05, 0) is 22.9 Å². The molecule has 2 aromatic heterocycles. The molecule has 0 saturated carbocycles. The molecule has 0 aliphatic carbocycles. The number of Topliss-reactive ketones (excluding diaryl/α,β-unsaturated/α-hetero) is 1. The third-order valence-electron chi connectivity index (χ3n) is 3.09. The van der Waals surface area contributed by atoms with E-state index in [0.29, 0.717) is 17.0 Å². The number of benzene rings is 1. The van der Waals surface area contributed by atoms with E-state index in [0.717, 1.165) is 15.7 Å². The number of hydrogen-bond acceptors (Lipinski definition) is 4. The standard InChI is InChI=1S/C14H11BrN4O/c1-8-12(9(2)20)16-17-14-11(15)13(18-19(8)14)10-6-4-3-5-7-10/h3-7H,1-2H3. The molecular formula is C14H11BrN4O. The van der Waals surface area contributed by atoms with Crippen LogP contribution in [0.15, 0.2) is 34.8 Å². The minimum absolute atomic E-state index is 0.121. The predicted molar refractivity (Wildman–Crippen MR) is 78.7 cm³/mol. The van der Waals surface area contributed by atoms with Gasteiger partial charge in [0.1, 0.15) is 11.4 Å². The lowest BCUT2D eigenvalue weighted by atomic mass is 10.2. The van der Waals surface area contributed by atoms with Crippen LogP contribution in [0.2, 0.25) is 0 Å². The average Bonchev–Trinajstić information content (AvgIpc) is 2.78. The normalized spacial score (nSPS) is 10.9. The van der Waals surface area contributed by atoms with Crippen molar-refractivity contribution in [3.05, 3.63) is 46.2 Å². The van der Waals surface area contributed by atoms with Gasteiger partial charge < -0.3 is 0 Å². The Balaban J connectivity index is 2.30. The van der Waals surface area contributed by atoms with Gasteiger partial charge in [-0.15, -0.1) is 10.2 Å². The van der Waals surface area contributed by atoms with Crippen LogP contribution in [0.3, 0.4) is 0 Å². The first-order valence-corrected chi connectivity index (χ1v) is 6.86. The summed E-state index contributed by atoms with van der Waals surface area (Å²) >= 11 is 3.51. The van der Waals surface area contributed by atoms with Gasteiger partial charge in [0.25, 0.3) is 0 Å². The molecule has 3 rings (SSSR count). The highest BCUT2D eigenvalue weighted by atomic mass is 79.9. The van der Waals surface area contributed by atoms with E-state index in [2.05, 4.69) is 31.2 Å². The summed E-state index contributed by atoms with van der Waals surface area (Å²) in [5.41, 5.74) is 3.39. The minimum Gasteiger partial charge on any atom is -0.293 e. The summed E-state index contributed by atoms with van der Waals surface area (Å²) in [5, 5.41) is 12.6. The predicted octanol–water partition coefficient (Wildman–Crippen LogP) is 3.06. The van der Waals surface area contributed by atoms with Crippen molar-refractivity contribution in [3.63, 3.8) is 0 Å². The third kappa shape index (κ3) is 1.92. The van der Waals surface area contributed by atoms with E-state index < -0.39 is 0 Å². The number of aromatic nitrogens is 4. The summed E-state index contributed by atoms with van der Waals surface area (Å²) in [6.07, 6.45) is 0. The molecule has 0 unspecified atom stereocenters. The van der Waals surface area contributed by atoms with Crippen molar-refractivity contribution < 1.29 is 4.79 Å². The molecule has 0 aliphatic rings. The van der Waals surface area contributed by atoms with E-state index in [1.165, 1.54) is 6.92 Å². The Morgan fingerprint density at radius 3 is 2.55 bits per heavy atom. The molecule has 3 aromatic rings. The number of hydrogen-bond donors (Lipinski definition) is 0. The van der Waals surface area contributed by atoms with Gasteiger partial charge in [-0.25, -0.2) is 4.52 Å². The zero-order valence-corrected chi connectivity index (χ0v) is 12.5. The second-order valence-corrected chi connectivity index (χ2v) is 5.25. The van der Waals surface area contributed by atoms with Gasteiger partial charge in [-0.3, -0.25) is 4.79 Å². The van der Waals surface area contributed by atoms with Crippen LogP contribution in [-0.2, 0) is 0 Å². The summed E-state index contributed by atoms with van der Waals surface area (Å²) in [7, 11) is 0. The lowest BCUT2D eigenvalue weighted by molar-refractivity contribution is 0.101. The van der Waals surface area contributed by atoms with Crippen LogP contribution in [0.25, 0.3) is 16.9 Å². The lowest BCUT2D eigenvalue weighted by Crippen LogP contribution is -2.08. The molecule has 0 spiro atoms. The van der Waals surface area contributed by atoms with E-state index in [1.807, 2.05) is 37.3 Å². The fourth-order valence-corrected chi connectivity index (χ4v) is 2.64. The maximum absolute atomic E-state index is 11.5. The first-order chi connectivity index (χ1) is 9.59. The van der Waals surface area contributed by atoms with Crippen LogP contribution in [-0.4, -0.2) is 25.6 Å². The second-order valence-electron chi connectivity index (χ2n) is 4.45. The van der Waals surface area contributed by atoms with Gasteiger partial charge in [-0.2, -0.15) is 5.10 Å². The highest BCUT2D eigenvalue weighted by Gasteiger charge is 2.18. The molecule has 0 radical (unpaired) electrons. The topological polar surface area (TPSA) is 60.2 Å². The smallest absolute Gasteiger partial charge is 0.192 e. The summed E-state index contributed by atoms with van der Waals surface area (Å²) in [6, 6.07) is 9.80. The molecule has 0 atom stereocenters. The van der Waals surface area contributed by atoms with Gasteiger partial charge in [0.15, 0.2) is 11.4 Å². The van der Waals surface area contributed by atoms with Gasteiger partial charge in [-0.1, -0.05) is 30.3 Å². The first kappa shape index (κ1) is 12.9.